The Hall–Kier alpha value is -0.630. The summed E-state index contributed by atoms with van der Waals surface area (Å²) >= 11 is 5.80. The highest BCUT2D eigenvalue weighted by Gasteiger charge is 2.15. The topological polar surface area (TPSA) is 0 Å². The Morgan fingerprint density at radius 3 is 2.40 bits per heavy atom. The molecule has 3 heteroatoms. The van der Waals surface area contributed by atoms with Crippen LogP contribution in [0.4, 0.5) is 8.78 Å². The smallest absolute Gasteiger partial charge is 0.129 e. The summed E-state index contributed by atoms with van der Waals surface area (Å²) in [5, 5.41) is 0. The minimum Gasteiger partial charge on any atom is -0.207 e. The maximum atomic E-state index is 13.3. The zero-order valence-electron chi connectivity index (χ0n) is 8.93. The number of rotatable bonds is 4. The first-order valence-corrected chi connectivity index (χ1v) is 5.58. The largest absolute Gasteiger partial charge is 0.207 e. The first-order valence-electron chi connectivity index (χ1n) is 5.04. The Morgan fingerprint density at radius 2 is 1.93 bits per heavy atom. The Labute approximate surface area is 94.3 Å². The number of hydrogen-bond donors (Lipinski definition) is 0. The monoisotopic (exact) mass is 232 g/mol. The fraction of sp³-hybridized carbons (Fsp3) is 0.500. The molecule has 0 fully saturated rings. The molecule has 1 unspecified atom stereocenters. The first-order chi connectivity index (χ1) is 7.04. The predicted molar refractivity (Wildman–Crippen MR) is 59.1 cm³/mol. The van der Waals surface area contributed by atoms with Crippen molar-refractivity contribution in [2.75, 3.05) is 5.88 Å². The van der Waals surface area contributed by atoms with Gasteiger partial charge in [-0.05, 0) is 29.9 Å². The summed E-state index contributed by atoms with van der Waals surface area (Å²) < 4.78 is 26.0. The predicted octanol–water partition coefficient (Wildman–Crippen LogP) is 4.02. The molecule has 84 valence electrons. The summed E-state index contributed by atoms with van der Waals surface area (Å²) in [7, 11) is 0. The Kier molecular flexibility index (Phi) is 4.52. The minimum absolute atomic E-state index is 0.228. The van der Waals surface area contributed by atoms with Gasteiger partial charge >= 0.3 is 0 Å². The molecule has 0 radical (unpaired) electrons. The van der Waals surface area contributed by atoms with Crippen molar-refractivity contribution in [1.29, 1.82) is 0 Å². The van der Waals surface area contributed by atoms with Crippen molar-refractivity contribution < 1.29 is 8.78 Å². The molecule has 0 saturated carbocycles. The summed E-state index contributed by atoms with van der Waals surface area (Å²) in [5.74, 6) is 0.0988. The van der Waals surface area contributed by atoms with Crippen molar-refractivity contribution in [3.8, 4) is 0 Å². The van der Waals surface area contributed by atoms with Crippen LogP contribution in [-0.4, -0.2) is 5.88 Å². The average Bonchev–Trinajstić information content (AvgIpc) is 2.16. The van der Waals surface area contributed by atoms with Gasteiger partial charge in [-0.3, -0.25) is 0 Å². The maximum absolute atomic E-state index is 13.3. The van der Waals surface area contributed by atoms with Gasteiger partial charge in [0.25, 0.3) is 0 Å². The van der Waals surface area contributed by atoms with E-state index in [0.29, 0.717) is 23.8 Å². The second-order valence-corrected chi connectivity index (χ2v) is 4.41. The second-order valence-electron chi connectivity index (χ2n) is 4.10. The van der Waals surface area contributed by atoms with E-state index in [0.717, 1.165) is 6.07 Å². The van der Waals surface area contributed by atoms with Crippen LogP contribution in [0.3, 0.4) is 0 Å². The van der Waals surface area contributed by atoms with Gasteiger partial charge in [-0.15, -0.1) is 11.6 Å². The molecule has 0 aliphatic carbocycles. The van der Waals surface area contributed by atoms with Gasteiger partial charge in [-0.2, -0.15) is 0 Å². The summed E-state index contributed by atoms with van der Waals surface area (Å²) in [4.78, 5) is 0. The third kappa shape index (κ3) is 3.45. The van der Waals surface area contributed by atoms with Gasteiger partial charge in [-0.1, -0.05) is 19.9 Å². The summed E-state index contributed by atoms with van der Waals surface area (Å²) in [6.45, 7) is 4.10. The fourth-order valence-corrected chi connectivity index (χ4v) is 1.90. The van der Waals surface area contributed by atoms with Gasteiger partial charge in [0.15, 0.2) is 0 Å². The van der Waals surface area contributed by atoms with Crippen molar-refractivity contribution in [3.05, 3.63) is 35.4 Å². The van der Waals surface area contributed by atoms with Crippen LogP contribution in [0.1, 0.15) is 19.4 Å². The highest BCUT2D eigenvalue weighted by Crippen LogP contribution is 2.20. The van der Waals surface area contributed by atoms with Gasteiger partial charge in [0.05, 0.1) is 0 Å². The molecule has 0 N–H and O–H groups in total. The van der Waals surface area contributed by atoms with E-state index in [1.165, 1.54) is 12.1 Å². The van der Waals surface area contributed by atoms with Crippen LogP contribution in [0.25, 0.3) is 0 Å². The van der Waals surface area contributed by atoms with Crippen molar-refractivity contribution in [2.24, 2.45) is 11.8 Å². The zero-order valence-corrected chi connectivity index (χ0v) is 9.69. The van der Waals surface area contributed by atoms with Crippen molar-refractivity contribution >= 4 is 11.6 Å². The zero-order chi connectivity index (χ0) is 11.4. The molecule has 0 nitrogen and oxygen atoms in total. The molecule has 0 amide bonds. The Bertz CT molecular complexity index is 323. The third-order valence-electron chi connectivity index (χ3n) is 2.64. The van der Waals surface area contributed by atoms with E-state index in [1.54, 1.807) is 0 Å². The molecule has 1 aromatic rings. The highest BCUT2D eigenvalue weighted by atomic mass is 35.5. The van der Waals surface area contributed by atoms with Crippen LogP contribution in [0.15, 0.2) is 18.2 Å². The van der Waals surface area contributed by atoms with Gasteiger partial charge in [0.2, 0.25) is 0 Å². The van der Waals surface area contributed by atoms with Crippen LogP contribution in [-0.2, 0) is 6.42 Å². The number of alkyl halides is 1. The summed E-state index contributed by atoms with van der Waals surface area (Å²) in [5.41, 5.74) is 0.538. The molecule has 0 aromatic heterocycles. The second kappa shape index (κ2) is 5.45. The van der Waals surface area contributed by atoms with Crippen LogP contribution in [0, 0.1) is 23.5 Å². The van der Waals surface area contributed by atoms with Gasteiger partial charge in [0.1, 0.15) is 11.6 Å². The van der Waals surface area contributed by atoms with E-state index < -0.39 is 11.6 Å². The molecule has 15 heavy (non-hydrogen) atoms. The quantitative estimate of drug-likeness (QED) is 0.688. The molecule has 1 atom stereocenters. The molecular weight excluding hydrogens is 218 g/mol. The maximum Gasteiger partial charge on any atom is 0.129 e. The summed E-state index contributed by atoms with van der Waals surface area (Å²) in [6, 6.07) is 3.69. The molecule has 0 saturated heterocycles. The molecule has 0 bridgehead atoms. The molecule has 0 aliphatic rings. The van der Waals surface area contributed by atoms with Crippen LogP contribution < -0.4 is 0 Å². The van der Waals surface area contributed by atoms with E-state index in [1.807, 2.05) is 0 Å². The Balaban J connectivity index is 2.79. The molecule has 0 heterocycles. The van der Waals surface area contributed by atoms with Crippen LogP contribution in [0.2, 0.25) is 0 Å². The Morgan fingerprint density at radius 1 is 1.27 bits per heavy atom. The lowest BCUT2D eigenvalue weighted by Gasteiger charge is -2.18. The minimum atomic E-state index is -0.539. The number of hydrogen-bond acceptors (Lipinski definition) is 0. The number of benzene rings is 1. The normalized spacial score (nSPS) is 13.2. The van der Waals surface area contributed by atoms with Crippen molar-refractivity contribution in [2.45, 2.75) is 20.3 Å². The fourth-order valence-electron chi connectivity index (χ4n) is 1.44. The van der Waals surface area contributed by atoms with E-state index in [4.69, 9.17) is 11.6 Å². The molecular formula is C12H15ClF2. The standard InChI is InChI=1S/C12H15ClF2/c1-8(2)10(7-13)5-9-3-4-11(14)6-12(9)15/h3-4,6,8,10H,5,7H2,1-2H3. The van der Waals surface area contributed by atoms with Crippen LogP contribution in [0.5, 0.6) is 0 Å². The van der Waals surface area contributed by atoms with E-state index in [-0.39, 0.29) is 5.92 Å². The molecule has 1 rings (SSSR count). The van der Waals surface area contributed by atoms with Gasteiger partial charge in [-0.25, -0.2) is 8.78 Å². The molecule has 1 aromatic carbocycles. The van der Waals surface area contributed by atoms with Gasteiger partial charge < -0.3 is 0 Å². The molecule has 0 spiro atoms. The lowest BCUT2D eigenvalue weighted by Crippen LogP contribution is -2.14. The third-order valence-corrected chi connectivity index (χ3v) is 3.03. The average molecular weight is 233 g/mol. The van der Waals surface area contributed by atoms with Crippen molar-refractivity contribution in [1.82, 2.24) is 0 Å². The van der Waals surface area contributed by atoms with Crippen molar-refractivity contribution in [3.63, 3.8) is 0 Å². The SMILES string of the molecule is CC(C)C(CCl)Cc1ccc(F)cc1F. The molecule has 0 aliphatic heterocycles. The van der Waals surface area contributed by atoms with E-state index in [9.17, 15) is 8.78 Å². The van der Waals surface area contributed by atoms with Gasteiger partial charge in [0, 0.05) is 11.9 Å². The number of halogens is 3. The first kappa shape index (κ1) is 12.4. The van der Waals surface area contributed by atoms with E-state index in [2.05, 4.69) is 13.8 Å². The lowest BCUT2D eigenvalue weighted by atomic mass is 9.91. The van der Waals surface area contributed by atoms with E-state index >= 15 is 0 Å². The lowest BCUT2D eigenvalue weighted by molar-refractivity contribution is 0.414. The summed E-state index contributed by atoms with van der Waals surface area (Å²) in [6.07, 6.45) is 0.563. The van der Waals surface area contributed by atoms with Crippen LogP contribution >= 0.6 is 11.6 Å². The highest BCUT2D eigenvalue weighted by molar-refractivity contribution is 6.18.